The van der Waals surface area contributed by atoms with Crippen LogP contribution in [0.2, 0.25) is 0 Å². The standard InChI is InChI=1S/C23H38N4O2.HI/c1-3-21(29-22-8-6-5-7-9-22)16-25-23(24-4-2)26-20-10-13-27(14-11-20)17-19-12-15-28-18-19;/h5-9,19-21H,3-4,10-18H2,1-2H3,(H2,24,25,26);1H. The molecule has 3 rings (SSSR count). The van der Waals surface area contributed by atoms with E-state index in [9.17, 15) is 0 Å². The normalized spacial score (nSPS) is 21.7. The van der Waals surface area contributed by atoms with Crippen LogP contribution in [0, 0.1) is 5.92 Å². The second-order valence-electron chi connectivity index (χ2n) is 8.13. The lowest BCUT2D eigenvalue weighted by Crippen LogP contribution is -2.49. The number of nitrogens with zero attached hydrogens (tertiary/aromatic N) is 2. The molecule has 0 bridgehead atoms. The third kappa shape index (κ3) is 8.59. The molecule has 170 valence electrons. The van der Waals surface area contributed by atoms with Gasteiger partial charge in [-0.1, -0.05) is 25.1 Å². The third-order valence-corrected chi connectivity index (χ3v) is 5.77. The Kier molecular flexibility index (Phi) is 11.8. The van der Waals surface area contributed by atoms with Crippen LogP contribution < -0.4 is 15.4 Å². The molecule has 0 spiro atoms. The van der Waals surface area contributed by atoms with E-state index in [4.69, 9.17) is 14.5 Å². The molecule has 0 aromatic heterocycles. The van der Waals surface area contributed by atoms with Gasteiger partial charge in [-0.2, -0.15) is 0 Å². The first-order valence-corrected chi connectivity index (χ1v) is 11.3. The van der Waals surface area contributed by atoms with E-state index in [1.807, 2.05) is 30.3 Å². The monoisotopic (exact) mass is 530 g/mol. The van der Waals surface area contributed by atoms with Crippen LogP contribution in [0.1, 0.15) is 39.5 Å². The minimum Gasteiger partial charge on any atom is -0.489 e. The fourth-order valence-corrected chi connectivity index (χ4v) is 4.00. The fraction of sp³-hybridized carbons (Fsp3) is 0.696. The lowest BCUT2D eigenvalue weighted by atomic mass is 10.0. The Morgan fingerprint density at radius 1 is 1.20 bits per heavy atom. The first-order valence-electron chi connectivity index (χ1n) is 11.3. The second kappa shape index (κ2) is 14.1. The second-order valence-corrected chi connectivity index (χ2v) is 8.13. The molecule has 0 amide bonds. The predicted molar refractivity (Wildman–Crippen MR) is 134 cm³/mol. The summed E-state index contributed by atoms with van der Waals surface area (Å²) < 4.78 is 11.6. The zero-order chi connectivity index (χ0) is 20.3. The minimum absolute atomic E-state index is 0. The zero-order valence-corrected chi connectivity index (χ0v) is 20.8. The van der Waals surface area contributed by atoms with Crippen LogP contribution in [0.25, 0.3) is 0 Å². The first kappa shape index (κ1) is 25.2. The number of likely N-dealkylation sites (tertiary alicyclic amines) is 1. The van der Waals surface area contributed by atoms with E-state index in [1.165, 1.54) is 13.0 Å². The Balaban J connectivity index is 0.00000320. The molecular formula is C23H39IN4O2. The lowest BCUT2D eigenvalue weighted by molar-refractivity contribution is 0.150. The number of hydrogen-bond donors (Lipinski definition) is 2. The number of nitrogens with one attached hydrogen (secondary N) is 2. The topological polar surface area (TPSA) is 58.1 Å². The minimum atomic E-state index is 0. The molecule has 1 aromatic carbocycles. The smallest absolute Gasteiger partial charge is 0.191 e. The van der Waals surface area contributed by atoms with Gasteiger partial charge < -0.3 is 25.0 Å². The highest BCUT2D eigenvalue weighted by Crippen LogP contribution is 2.18. The van der Waals surface area contributed by atoms with Crippen LogP contribution in [-0.4, -0.2) is 68.9 Å². The number of para-hydroxylation sites is 1. The number of rotatable bonds is 9. The van der Waals surface area contributed by atoms with E-state index in [-0.39, 0.29) is 30.1 Å². The average Bonchev–Trinajstić information content (AvgIpc) is 3.26. The highest BCUT2D eigenvalue weighted by Gasteiger charge is 2.24. The van der Waals surface area contributed by atoms with Crippen LogP contribution >= 0.6 is 24.0 Å². The molecule has 2 atom stereocenters. The summed E-state index contributed by atoms with van der Waals surface area (Å²) in [5, 5.41) is 7.04. The molecule has 30 heavy (non-hydrogen) atoms. The number of aliphatic imine (C=N–C) groups is 1. The molecule has 1 aromatic rings. The van der Waals surface area contributed by atoms with Gasteiger partial charge in [0.15, 0.2) is 5.96 Å². The van der Waals surface area contributed by atoms with Gasteiger partial charge in [-0.25, -0.2) is 4.99 Å². The molecule has 2 saturated heterocycles. The quantitative estimate of drug-likeness (QED) is 0.291. The maximum absolute atomic E-state index is 6.08. The van der Waals surface area contributed by atoms with E-state index in [2.05, 4.69) is 29.4 Å². The van der Waals surface area contributed by atoms with Crippen LogP contribution in [0.4, 0.5) is 0 Å². The fourth-order valence-electron chi connectivity index (χ4n) is 4.00. The van der Waals surface area contributed by atoms with Gasteiger partial charge in [0.1, 0.15) is 11.9 Å². The van der Waals surface area contributed by atoms with Crippen LogP contribution in [0.3, 0.4) is 0 Å². The van der Waals surface area contributed by atoms with Gasteiger partial charge in [0.05, 0.1) is 13.2 Å². The number of hydrogen-bond acceptors (Lipinski definition) is 4. The summed E-state index contributed by atoms with van der Waals surface area (Å²) in [5.41, 5.74) is 0. The predicted octanol–water partition coefficient (Wildman–Crippen LogP) is 3.52. The molecule has 0 aliphatic carbocycles. The van der Waals surface area contributed by atoms with Gasteiger partial charge in [-0.15, -0.1) is 24.0 Å². The van der Waals surface area contributed by atoms with Crippen molar-refractivity contribution in [1.82, 2.24) is 15.5 Å². The van der Waals surface area contributed by atoms with Crippen molar-refractivity contribution in [2.45, 2.75) is 51.7 Å². The van der Waals surface area contributed by atoms with Crippen molar-refractivity contribution in [3.8, 4) is 5.75 Å². The summed E-state index contributed by atoms with van der Waals surface area (Å²) in [6, 6.07) is 10.5. The van der Waals surface area contributed by atoms with Crippen molar-refractivity contribution in [3.63, 3.8) is 0 Å². The number of ether oxygens (including phenoxy) is 2. The summed E-state index contributed by atoms with van der Waals surface area (Å²) in [6.07, 6.45) is 4.56. The number of benzene rings is 1. The van der Waals surface area contributed by atoms with E-state index in [0.29, 0.717) is 12.6 Å². The Morgan fingerprint density at radius 2 is 1.97 bits per heavy atom. The summed E-state index contributed by atoms with van der Waals surface area (Å²) in [7, 11) is 0. The molecule has 2 unspecified atom stereocenters. The number of guanidine groups is 1. The van der Waals surface area contributed by atoms with Crippen LogP contribution in [0.5, 0.6) is 5.75 Å². The average molecular weight is 530 g/mol. The summed E-state index contributed by atoms with van der Waals surface area (Å²) in [4.78, 5) is 7.42. The van der Waals surface area contributed by atoms with Gasteiger partial charge >= 0.3 is 0 Å². The third-order valence-electron chi connectivity index (χ3n) is 5.77. The number of halogens is 1. The van der Waals surface area contributed by atoms with Gasteiger partial charge in [0.25, 0.3) is 0 Å². The highest BCUT2D eigenvalue weighted by molar-refractivity contribution is 14.0. The van der Waals surface area contributed by atoms with Crippen molar-refractivity contribution >= 4 is 29.9 Å². The highest BCUT2D eigenvalue weighted by atomic mass is 127. The summed E-state index contributed by atoms with van der Waals surface area (Å²) in [6.45, 7) is 11.2. The molecular weight excluding hydrogens is 491 g/mol. The number of piperidine rings is 1. The van der Waals surface area contributed by atoms with Gasteiger partial charge in [0, 0.05) is 38.8 Å². The first-order chi connectivity index (χ1) is 14.3. The molecule has 0 saturated carbocycles. The van der Waals surface area contributed by atoms with E-state index >= 15 is 0 Å². The molecule has 7 heteroatoms. The van der Waals surface area contributed by atoms with Crippen molar-refractivity contribution in [2.24, 2.45) is 10.9 Å². The van der Waals surface area contributed by atoms with Crippen molar-refractivity contribution in [2.75, 3.05) is 45.9 Å². The molecule has 2 aliphatic heterocycles. The van der Waals surface area contributed by atoms with E-state index < -0.39 is 0 Å². The zero-order valence-electron chi connectivity index (χ0n) is 18.5. The Bertz CT molecular complexity index is 602. The van der Waals surface area contributed by atoms with Crippen molar-refractivity contribution in [1.29, 1.82) is 0 Å². The maximum Gasteiger partial charge on any atom is 0.191 e. The Hall–Kier alpha value is -1.06. The largest absolute Gasteiger partial charge is 0.489 e. The molecule has 2 fully saturated rings. The molecule has 2 heterocycles. The molecule has 2 N–H and O–H groups in total. The van der Waals surface area contributed by atoms with E-state index in [0.717, 1.165) is 69.7 Å². The van der Waals surface area contributed by atoms with Gasteiger partial charge in [-0.05, 0) is 50.7 Å². The van der Waals surface area contributed by atoms with Gasteiger partial charge in [0.2, 0.25) is 0 Å². The SMILES string of the molecule is CCNC(=NCC(CC)Oc1ccccc1)NC1CCN(CC2CCOC2)CC1.I. The summed E-state index contributed by atoms with van der Waals surface area (Å²) in [5.74, 6) is 2.55. The van der Waals surface area contributed by atoms with Crippen LogP contribution in [-0.2, 0) is 4.74 Å². The van der Waals surface area contributed by atoms with Crippen LogP contribution in [0.15, 0.2) is 35.3 Å². The summed E-state index contributed by atoms with van der Waals surface area (Å²) >= 11 is 0. The molecule has 0 radical (unpaired) electrons. The molecule has 6 nitrogen and oxygen atoms in total. The maximum atomic E-state index is 6.08. The van der Waals surface area contributed by atoms with Crippen molar-refractivity contribution < 1.29 is 9.47 Å². The Labute approximate surface area is 199 Å². The van der Waals surface area contributed by atoms with E-state index in [1.54, 1.807) is 0 Å². The molecule has 2 aliphatic rings. The van der Waals surface area contributed by atoms with Crippen molar-refractivity contribution in [3.05, 3.63) is 30.3 Å². The van der Waals surface area contributed by atoms with Gasteiger partial charge in [-0.3, -0.25) is 0 Å². The Morgan fingerprint density at radius 3 is 2.60 bits per heavy atom. The lowest BCUT2D eigenvalue weighted by Gasteiger charge is -2.34.